The van der Waals surface area contributed by atoms with Crippen LogP contribution in [-0.2, 0) is 0 Å². The Morgan fingerprint density at radius 2 is 2.14 bits per heavy atom. The van der Waals surface area contributed by atoms with Crippen LogP contribution in [0.5, 0.6) is 0 Å². The first-order chi connectivity index (χ1) is 10.1. The Kier molecular flexibility index (Phi) is 5.14. The summed E-state index contributed by atoms with van der Waals surface area (Å²) >= 11 is 11.9. The molecule has 1 heterocycles. The minimum atomic E-state index is -0.303. The van der Waals surface area contributed by atoms with Crippen LogP contribution in [-0.4, -0.2) is 22.4 Å². The van der Waals surface area contributed by atoms with Crippen molar-refractivity contribution in [3.63, 3.8) is 0 Å². The summed E-state index contributed by atoms with van der Waals surface area (Å²) in [5, 5.41) is 6.55. The van der Waals surface area contributed by atoms with E-state index in [1.54, 1.807) is 24.3 Å². The van der Waals surface area contributed by atoms with Gasteiger partial charge in [-0.05, 0) is 24.3 Å². The highest BCUT2D eigenvalue weighted by Crippen LogP contribution is 2.27. The number of rotatable bonds is 5. The quantitative estimate of drug-likeness (QED) is 0.827. The van der Waals surface area contributed by atoms with Crippen molar-refractivity contribution in [3.8, 4) is 0 Å². The summed E-state index contributed by atoms with van der Waals surface area (Å²) in [5.41, 5.74) is 0.851. The van der Waals surface area contributed by atoms with Crippen LogP contribution in [0.15, 0.2) is 43.1 Å². The van der Waals surface area contributed by atoms with E-state index in [0.29, 0.717) is 22.3 Å². The fraction of sp³-hybridized carbons (Fsp3) is 0.0714. The number of carbonyl (C=O) groups is 1. The Morgan fingerprint density at radius 1 is 1.33 bits per heavy atom. The van der Waals surface area contributed by atoms with E-state index in [-0.39, 0.29) is 17.5 Å². The van der Waals surface area contributed by atoms with Crippen LogP contribution >= 0.6 is 23.2 Å². The van der Waals surface area contributed by atoms with Crippen LogP contribution in [0.25, 0.3) is 0 Å². The number of amides is 1. The third-order valence-corrected chi connectivity index (χ3v) is 3.02. The average Bonchev–Trinajstić information content (AvgIpc) is 2.48. The zero-order valence-corrected chi connectivity index (χ0v) is 12.4. The molecule has 5 nitrogen and oxygen atoms in total. The molecule has 0 atom stereocenters. The Labute approximate surface area is 132 Å². The number of anilines is 2. The van der Waals surface area contributed by atoms with E-state index in [1.165, 1.54) is 12.3 Å². The molecule has 0 saturated carbocycles. The summed E-state index contributed by atoms with van der Waals surface area (Å²) in [6.07, 6.45) is 3.08. The molecule has 1 amide bonds. The number of carbonyl (C=O) groups excluding carboxylic acids is 1. The van der Waals surface area contributed by atoms with Crippen LogP contribution in [0, 0.1) is 0 Å². The van der Waals surface area contributed by atoms with Gasteiger partial charge in [0.2, 0.25) is 5.95 Å². The number of hydrogen-bond donors (Lipinski definition) is 2. The fourth-order valence-corrected chi connectivity index (χ4v) is 1.97. The number of aromatic nitrogens is 2. The third kappa shape index (κ3) is 4.18. The molecule has 2 N–H and O–H groups in total. The molecule has 1 aromatic heterocycles. The van der Waals surface area contributed by atoms with E-state index in [9.17, 15) is 4.79 Å². The Hall–Kier alpha value is -2.11. The van der Waals surface area contributed by atoms with Gasteiger partial charge in [0.25, 0.3) is 5.91 Å². The van der Waals surface area contributed by atoms with Crippen molar-refractivity contribution in [2.24, 2.45) is 0 Å². The van der Waals surface area contributed by atoms with E-state index in [1.807, 2.05) is 0 Å². The van der Waals surface area contributed by atoms with Gasteiger partial charge in [-0.2, -0.15) is 0 Å². The van der Waals surface area contributed by atoms with Gasteiger partial charge in [-0.25, -0.2) is 9.97 Å². The van der Waals surface area contributed by atoms with Gasteiger partial charge in [-0.1, -0.05) is 29.3 Å². The molecular weight excluding hydrogens is 311 g/mol. The molecule has 0 spiro atoms. The second-order valence-electron chi connectivity index (χ2n) is 4.01. The summed E-state index contributed by atoms with van der Waals surface area (Å²) in [6, 6.07) is 6.52. The molecule has 0 aliphatic heterocycles. The standard InChI is InChI=1S/C14H12Cl2N4O/c1-2-6-17-13(21)12-5-7-18-14(20-12)19-11-4-3-9(15)8-10(11)16/h2-5,7-8H,1,6H2,(H,17,21)(H,18,19,20). The minimum absolute atomic E-state index is 0.249. The third-order valence-electron chi connectivity index (χ3n) is 2.47. The predicted molar refractivity (Wildman–Crippen MR) is 84.3 cm³/mol. The average molecular weight is 323 g/mol. The highest BCUT2D eigenvalue weighted by atomic mass is 35.5. The van der Waals surface area contributed by atoms with Gasteiger partial charge in [-0.3, -0.25) is 4.79 Å². The number of benzene rings is 1. The van der Waals surface area contributed by atoms with E-state index in [0.717, 1.165) is 0 Å². The van der Waals surface area contributed by atoms with Crippen molar-refractivity contribution in [2.75, 3.05) is 11.9 Å². The Morgan fingerprint density at radius 3 is 2.86 bits per heavy atom. The molecule has 21 heavy (non-hydrogen) atoms. The van der Waals surface area contributed by atoms with Gasteiger partial charge in [0, 0.05) is 17.8 Å². The summed E-state index contributed by atoms with van der Waals surface area (Å²) in [4.78, 5) is 20.0. The highest BCUT2D eigenvalue weighted by molar-refractivity contribution is 6.36. The molecule has 0 aliphatic rings. The van der Waals surface area contributed by atoms with E-state index >= 15 is 0 Å². The predicted octanol–water partition coefficient (Wildman–Crippen LogP) is 3.44. The second kappa shape index (κ2) is 7.06. The Balaban J connectivity index is 2.17. The van der Waals surface area contributed by atoms with Crippen LogP contribution in [0.4, 0.5) is 11.6 Å². The smallest absolute Gasteiger partial charge is 0.270 e. The first-order valence-electron chi connectivity index (χ1n) is 6.04. The fourth-order valence-electron chi connectivity index (χ4n) is 1.51. The number of nitrogens with zero attached hydrogens (tertiary/aromatic N) is 2. The lowest BCUT2D eigenvalue weighted by Crippen LogP contribution is -2.24. The zero-order valence-electron chi connectivity index (χ0n) is 10.9. The Bertz CT molecular complexity index is 676. The largest absolute Gasteiger partial charge is 0.347 e. The summed E-state index contributed by atoms with van der Waals surface area (Å²) in [5.74, 6) is -0.0342. The van der Waals surface area contributed by atoms with E-state index < -0.39 is 0 Å². The van der Waals surface area contributed by atoms with Crippen molar-refractivity contribution in [2.45, 2.75) is 0 Å². The molecule has 2 rings (SSSR count). The van der Waals surface area contributed by atoms with Gasteiger partial charge in [0.1, 0.15) is 5.69 Å². The monoisotopic (exact) mass is 322 g/mol. The zero-order chi connectivity index (χ0) is 15.2. The van der Waals surface area contributed by atoms with Crippen molar-refractivity contribution >= 4 is 40.7 Å². The summed E-state index contributed by atoms with van der Waals surface area (Å²) in [6.45, 7) is 3.90. The molecule has 2 aromatic rings. The molecule has 0 unspecified atom stereocenters. The maximum absolute atomic E-state index is 11.8. The van der Waals surface area contributed by atoms with Crippen molar-refractivity contribution in [1.29, 1.82) is 0 Å². The second-order valence-corrected chi connectivity index (χ2v) is 4.86. The summed E-state index contributed by atoms with van der Waals surface area (Å²) in [7, 11) is 0. The number of hydrogen-bond acceptors (Lipinski definition) is 4. The lowest BCUT2D eigenvalue weighted by atomic mass is 10.3. The molecule has 0 aliphatic carbocycles. The van der Waals surface area contributed by atoms with Gasteiger partial charge in [0.05, 0.1) is 10.7 Å². The summed E-state index contributed by atoms with van der Waals surface area (Å²) < 4.78 is 0. The van der Waals surface area contributed by atoms with Crippen molar-refractivity contribution < 1.29 is 4.79 Å². The number of nitrogens with one attached hydrogen (secondary N) is 2. The normalized spacial score (nSPS) is 10.0. The first-order valence-corrected chi connectivity index (χ1v) is 6.80. The highest BCUT2D eigenvalue weighted by Gasteiger charge is 2.09. The molecule has 0 bridgehead atoms. The van der Waals surface area contributed by atoms with Gasteiger partial charge >= 0.3 is 0 Å². The first kappa shape index (κ1) is 15.3. The lowest BCUT2D eigenvalue weighted by molar-refractivity contribution is 0.0953. The van der Waals surface area contributed by atoms with Gasteiger partial charge in [-0.15, -0.1) is 6.58 Å². The van der Waals surface area contributed by atoms with Gasteiger partial charge < -0.3 is 10.6 Å². The van der Waals surface area contributed by atoms with Crippen LogP contribution in [0.2, 0.25) is 10.0 Å². The molecule has 0 fully saturated rings. The maximum atomic E-state index is 11.8. The topological polar surface area (TPSA) is 66.9 Å². The number of halogens is 2. The lowest BCUT2D eigenvalue weighted by Gasteiger charge is -2.08. The maximum Gasteiger partial charge on any atom is 0.270 e. The molecule has 0 saturated heterocycles. The molecule has 7 heteroatoms. The van der Waals surface area contributed by atoms with Gasteiger partial charge in [0.15, 0.2) is 0 Å². The minimum Gasteiger partial charge on any atom is -0.347 e. The van der Waals surface area contributed by atoms with Crippen molar-refractivity contribution in [1.82, 2.24) is 15.3 Å². The van der Waals surface area contributed by atoms with E-state index in [2.05, 4.69) is 27.2 Å². The molecular formula is C14H12Cl2N4O. The SMILES string of the molecule is C=CCNC(=O)c1ccnc(Nc2ccc(Cl)cc2Cl)n1. The molecule has 1 aromatic carbocycles. The molecule has 108 valence electrons. The van der Waals surface area contributed by atoms with E-state index in [4.69, 9.17) is 23.2 Å². The van der Waals surface area contributed by atoms with Crippen LogP contribution in [0.3, 0.4) is 0 Å². The molecule has 0 radical (unpaired) electrons. The van der Waals surface area contributed by atoms with Crippen molar-refractivity contribution in [3.05, 3.63) is 58.9 Å². The van der Waals surface area contributed by atoms with Crippen LogP contribution < -0.4 is 10.6 Å². The van der Waals surface area contributed by atoms with Crippen LogP contribution in [0.1, 0.15) is 10.5 Å².